The Balaban J connectivity index is 1.64. The van der Waals surface area contributed by atoms with E-state index in [1.54, 1.807) is 0 Å². The summed E-state index contributed by atoms with van der Waals surface area (Å²) in [7, 11) is 0. The lowest BCUT2D eigenvalue weighted by atomic mass is 9.88. The van der Waals surface area contributed by atoms with Crippen LogP contribution < -0.4 is 5.32 Å². The largest absolute Gasteiger partial charge is 0.316 e. The minimum atomic E-state index is 0.874. The van der Waals surface area contributed by atoms with Crippen LogP contribution in [0.3, 0.4) is 0 Å². The molecular weight excluding hydrogens is 198 g/mol. The monoisotopic (exact) mass is 225 g/mol. The molecule has 1 N–H and O–H groups in total. The van der Waals surface area contributed by atoms with Crippen molar-refractivity contribution in [1.82, 2.24) is 15.1 Å². The van der Waals surface area contributed by atoms with E-state index in [1.165, 1.54) is 58.8 Å². The Morgan fingerprint density at radius 2 is 1.75 bits per heavy atom. The number of piperazine rings is 1. The fraction of sp³-hybridized carbons (Fsp3) is 1.00. The summed E-state index contributed by atoms with van der Waals surface area (Å²) in [6.45, 7) is 14.9. The van der Waals surface area contributed by atoms with Crippen LogP contribution in [0.1, 0.15) is 20.3 Å². The van der Waals surface area contributed by atoms with Crippen LogP contribution in [0.4, 0.5) is 0 Å². The fourth-order valence-corrected chi connectivity index (χ4v) is 2.78. The third kappa shape index (κ3) is 3.19. The lowest BCUT2D eigenvalue weighted by Crippen LogP contribution is -2.51. The van der Waals surface area contributed by atoms with Crippen molar-refractivity contribution in [1.29, 1.82) is 0 Å². The van der Waals surface area contributed by atoms with E-state index in [1.807, 2.05) is 0 Å². The Kier molecular flexibility index (Phi) is 4.62. The van der Waals surface area contributed by atoms with Gasteiger partial charge >= 0.3 is 0 Å². The molecule has 2 saturated heterocycles. The zero-order valence-corrected chi connectivity index (χ0v) is 10.9. The molecule has 0 spiro atoms. The van der Waals surface area contributed by atoms with Gasteiger partial charge in [0.1, 0.15) is 0 Å². The van der Waals surface area contributed by atoms with E-state index in [4.69, 9.17) is 0 Å². The second-order valence-corrected chi connectivity index (χ2v) is 5.54. The maximum Gasteiger partial charge on any atom is 0.0110 e. The van der Waals surface area contributed by atoms with Gasteiger partial charge in [0.15, 0.2) is 0 Å². The van der Waals surface area contributed by atoms with Gasteiger partial charge in [0.05, 0.1) is 0 Å². The SMILES string of the molecule is CCCN1CCN(CC(C)C2CNC2)CC1. The highest BCUT2D eigenvalue weighted by molar-refractivity contribution is 4.82. The summed E-state index contributed by atoms with van der Waals surface area (Å²) in [5.74, 6) is 1.81. The Morgan fingerprint density at radius 3 is 2.25 bits per heavy atom. The number of hydrogen-bond donors (Lipinski definition) is 1. The van der Waals surface area contributed by atoms with Crippen molar-refractivity contribution >= 4 is 0 Å². The minimum absolute atomic E-state index is 0.874. The van der Waals surface area contributed by atoms with Gasteiger partial charge in [0.25, 0.3) is 0 Å². The highest BCUT2D eigenvalue weighted by Crippen LogP contribution is 2.17. The Labute approximate surface area is 100 Å². The molecule has 2 aliphatic heterocycles. The lowest BCUT2D eigenvalue weighted by Gasteiger charge is -2.39. The molecule has 3 nitrogen and oxygen atoms in total. The topological polar surface area (TPSA) is 18.5 Å². The first kappa shape index (κ1) is 12.3. The molecule has 0 aromatic carbocycles. The summed E-state index contributed by atoms with van der Waals surface area (Å²) < 4.78 is 0. The average Bonchev–Trinajstić information content (AvgIpc) is 2.18. The van der Waals surface area contributed by atoms with Crippen molar-refractivity contribution in [3.63, 3.8) is 0 Å². The van der Waals surface area contributed by atoms with E-state index in [-0.39, 0.29) is 0 Å². The quantitative estimate of drug-likeness (QED) is 0.749. The minimum Gasteiger partial charge on any atom is -0.316 e. The Bertz CT molecular complexity index is 195. The van der Waals surface area contributed by atoms with Gasteiger partial charge in [-0.3, -0.25) is 0 Å². The van der Waals surface area contributed by atoms with Crippen molar-refractivity contribution in [3.05, 3.63) is 0 Å². The number of nitrogens with one attached hydrogen (secondary N) is 1. The summed E-state index contributed by atoms with van der Waals surface area (Å²) in [6, 6.07) is 0. The molecule has 0 aliphatic carbocycles. The van der Waals surface area contributed by atoms with Crippen LogP contribution in [-0.4, -0.2) is 62.2 Å². The van der Waals surface area contributed by atoms with Crippen molar-refractivity contribution in [2.24, 2.45) is 11.8 Å². The first-order valence-corrected chi connectivity index (χ1v) is 6.95. The molecular formula is C13H27N3. The molecule has 0 saturated carbocycles. The summed E-state index contributed by atoms with van der Waals surface area (Å²) in [4.78, 5) is 5.27. The molecule has 1 atom stereocenters. The molecule has 0 radical (unpaired) electrons. The third-order valence-electron chi connectivity index (χ3n) is 4.17. The van der Waals surface area contributed by atoms with Crippen molar-refractivity contribution in [2.45, 2.75) is 20.3 Å². The van der Waals surface area contributed by atoms with Gasteiger partial charge in [-0.25, -0.2) is 0 Å². The zero-order valence-electron chi connectivity index (χ0n) is 10.9. The van der Waals surface area contributed by atoms with Crippen molar-refractivity contribution in [3.8, 4) is 0 Å². The second kappa shape index (κ2) is 5.99. The van der Waals surface area contributed by atoms with Crippen LogP contribution in [0.5, 0.6) is 0 Å². The number of nitrogens with zero attached hydrogens (tertiary/aromatic N) is 2. The summed E-state index contributed by atoms with van der Waals surface area (Å²) >= 11 is 0. The van der Waals surface area contributed by atoms with E-state index in [2.05, 4.69) is 29.0 Å². The van der Waals surface area contributed by atoms with Gasteiger partial charge in [-0.2, -0.15) is 0 Å². The molecule has 2 fully saturated rings. The van der Waals surface area contributed by atoms with E-state index in [0.29, 0.717) is 0 Å². The Hall–Kier alpha value is -0.120. The maximum atomic E-state index is 3.38. The molecule has 1 unspecified atom stereocenters. The van der Waals surface area contributed by atoms with Gasteiger partial charge in [-0.15, -0.1) is 0 Å². The van der Waals surface area contributed by atoms with Crippen LogP contribution in [-0.2, 0) is 0 Å². The van der Waals surface area contributed by atoms with E-state index in [0.717, 1.165) is 11.8 Å². The van der Waals surface area contributed by atoms with Gasteiger partial charge in [-0.1, -0.05) is 13.8 Å². The summed E-state index contributed by atoms with van der Waals surface area (Å²) in [5.41, 5.74) is 0. The number of rotatable bonds is 5. The van der Waals surface area contributed by atoms with E-state index >= 15 is 0 Å². The standard InChI is InChI=1S/C13H27N3/c1-3-4-15-5-7-16(8-6-15)11-12(2)13-9-14-10-13/h12-14H,3-11H2,1-2H3. The smallest absolute Gasteiger partial charge is 0.0110 e. The molecule has 0 amide bonds. The van der Waals surface area contributed by atoms with Crippen molar-refractivity contribution in [2.75, 3.05) is 52.4 Å². The van der Waals surface area contributed by atoms with Crippen LogP contribution in [0.25, 0.3) is 0 Å². The van der Waals surface area contributed by atoms with E-state index < -0.39 is 0 Å². The van der Waals surface area contributed by atoms with Crippen LogP contribution in [0.2, 0.25) is 0 Å². The Morgan fingerprint density at radius 1 is 1.12 bits per heavy atom. The summed E-state index contributed by atoms with van der Waals surface area (Å²) in [5, 5.41) is 3.38. The van der Waals surface area contributed by atoms with Gasteiger partial charge in [-0.05, 0) is 37.9 Å². The van der Waals surface area contributed by atoms with Crippen LogP contribution in [0.15, 0.2) is 0 Å². The van der Waals surface area contributed by atoms with Crippen LogP contribution in [0, 0.1) is 11.8 Å². The number of hydrogen-bond acceptors (Lipinski definition) is 3. The molecule has 0 bridgehead atoms. The zero-order chi connectivity index (χ0) is 11.4. The highest BCUT2D eigenvalue weighted by atomic mass is 15.3. The lowest BCUT2D eigenvalue weighted by molar-refractivity contribution is 0.0997. The average molecular weight is 225 g/mol. The molecule has 94 valence electrons. The fourth-order valence-electron chi connectivity index (χ4n) is 2.78. The second-order valence-electron chi connectivity index (χ2n) is 5.54. The first-order valence-electron chi connectivity index (χ1n) is 6.95. The molecule has 0 aromatic heterocycles. The summed E-state index contributed by atoms with van der Waals surface area (Å²) in [6.07, 6.45) is 1.30. The van der Waals surface area contributed by atoms with E-state index in [9.17, 15) is 0 Å². The molecule has 2 aliphatic rings. The molecule has 3 heteroatoms. The predicted octanol–water partition coefficient (Wildman–Crippen LogP) is 0.870. The third-order valence-corrected chi connectivity index (χ3v) is 4.17. The molecule has 2 heterocycles. The van der Waals surface area contributed by atoms with Gasteiger partial charge < -0.3 is 15.1 Å². The van der Waals surface area contributed by atoms with Gasteiger partial charge in [0, 0.05) is 32.7 Å². The molecule has 16 heavy (non-hydrogen) atoms. The van der Waals surface area contributed by atoms with Gasteiger partial charge in [0.2, 0.25) is 0 Å². The van der Waals surface area contributed by atoms with Crippen LogP contribution >= 0.6 is 0 Å². The maximum absolute atomic E-state index is 3.38. The normalized spacial score (nSPS) is 26.6. The predicted molar refractivity (Wildman–Crippen MR) is 68.7 cm³/mol. The van der Waals surface area contributed by atoms with Crippen molar-refractivity contribution < 1.29 is 0 Å². The molecule has 0 aromatic rings. The first-order chi connectivity index (χ1) is 7.79. The molecule has 2 rings (SSSR count). The highest BCUT2D eigenvalue weighted by Gasteiger charge is 2.26.